The van der Waals surface area contributed by atoms with Crippen LogP contribution in [0.4, 0.5) is 0 Å². The van der Waals surface area contributed by atoms with Gasteiger partial charge in [0.2, 0.25) is 5.91 Å². The molecule has 1 aliphatic heterocycles. The van der Waals surface area contributed by atoms with E-state index in [1.54, 1.807) is 0 Å². The number of nitrogens with zero attached hydrogens (tertiary/aromatic N) is 1. The number of amides is 1. The second-order valence-electron chi connectivity index (χ2n) is 6.01. The Morgan fingerprint density at radius 3 is 2.39 bits per heavy atom. The lowest BCUT2D eigenvalue weighted by molar-refractivity contribution is -0.133. The highest BCUT2D eigenvalue weighted by atomic mass is 16.3. The van der Waals surface area contributed by atoms with Gasteiger partial charge in [0.1, 0.15) is 0 Å². The average Bonchev–Trinajstić information content (AvgIpc) is 2.40. The maximum Gasteiger partial charge on any atom is 0.222 e. The van der Waals surface area contributed by atoms with E-state index >= 15 is 0 Å². The summed E-state index contributed by atoms with van der Waals surface area (Å²) >= 11 is 0. The number of likely N-dealkylation sites (tertiary alicyclic amines) is 1. The van der Waals surface area contributed by atoms with Gasteiger partial charge in [-0.1, -0.05) is 32.1 Å². The second kappa shape index (κ2) is 7.13. The van der Waals surface area contributed by atoms with Gasteiger partial charge < -0.3 is 10.0 Å². The minimum Gasteiger partial charge on any atom is -0.393 e. The van der Waals surface area contributed by atoms with Crippen LogP contribution in [0.25, 0.3) is 0 Å². The van der Waals surface area contributed by atoms with Crippen molar-refractivity contribution in [1.82, 2.24) is 4.90 Å². The van der Waals surface area contributed by atoms with Crippen LogP contribution in [0.2, 0.25) is 0 Å². The van der Waals surface area contributed by atoms with E-state index in [1.165, 1.54) is 38.5 Å². The third-order valence-electron chi connectivity index (χ3n) is 4.54. The highest BCUT2D eigenvalue weighted by Gasteiger charge is 2.21. The molecule has 2 rings (SSSR count). The Kier molecular flexibility index (Phi) is 5.48. The molecular formula is C15H27NO2. The number of hydrogen-bond donors (Lipinski definition) is 1. The first-order chi connectivity index (χ1) is 8.75. The Morgan fingerprint density at radius 2 is 1.72 bits per heavy atom. The molecule has 0 bridgehead atoms. The number of aliphatic hydroxyl groups excluding tert-OH is 1. The molecule has 1 saturated carbocycles. The van der Waals surface area contributed by atoms with Crippen molar-refractivity contribution in [3.8, 4) is 0 Å². The molecule has 0 unspecified atom stereocenters. The van der Waals surface area contributed by atoms with Gasteiger partial charge in [-0.25, -0.2) is 0 Å². The molecule has 0 aromatic heterocycles. The zero-order valence-corrected chi connectivity index (χ0v) is 11.4. The van der Waals surface area contributed by atoms with E-state index in [2.05, 4.69) is 0 Å². The van der Waals surface area contributed by atoms with Gasteiger partial charge in [-0.3, -0.25) is 4.79 Å². The maximum atomic E-state index is 12.0. The second-order valence-corrected chi connectivity index (χ2v) is 6.01. The van der Waals surface area contributed by atoms with Crippen LogP contribution in [0.5, 0.6) is 0 Å². The van der Waals surface area contributed by atoms with Crippen LogP contribution in [-0.4, -0.2) is 35.1 Å². The highest BCUT2D eigenvalue weighted by molar-refractivity contribution is 5.76. The third kappa shape index (κ3) is 4.27. The topological polar surface area (TPSA) is 40.5 Å². The molecule has 0 radical (unpaired) electrons. The largest absolute Gasteiger partial charge is 0.393 e. The van der Waals surface area contributed by atoms with E-state index < -0.39 is 0 Å². The predicted octanol–water partition coefficient (Wildman–Crippen LogP) is 2.72. The summed E-state index contributed by atoms with van der Waals surface area (Å²) in [6.45, 7) is 1.51. The Bertz CT molecular complexity index is 253. The smallest absolute Gasteiger partial charge is 0.222 e. The lowest BCUT2D eigenvalue weighted by Gasteiger charge is -2.30. The highest BCUT2D eigenvalue weighted by Crippen LogP contribution is 2.27. The summed E-state index contributed by atoms with van der Waals surface area (Å²) in [5, 5.41) is 9.42. The van der Waals surface area contributed by atoms with Crippen molar-refractivity contribution >= 4 is 5.91 Å². The van der Waals surface area contributed by atoms with Crippen LogP contribution >= 0.6 is 0 Å². The monoisotopic (exact) mass is 253 g/mol. The van der Waals surface area contributed by atoms with Gasteiger partial charge in [-0.2, -0.15) is 0 Å². The van der Waals surface area contributed by atoms with Crippen molar-refractivity contribution in [2.24, 2.45) is 5.92 Å². The van der Waals surface area contributed by atoms with Gasteiger partial charge in [0, 0.05) is 19.5 Å². The summed E-state index contributed by atoms with van der Waals surface area (Å²) in [4.78, 5) is 13.9. The van der Waals surface area contributed by atoms with Crippen LogP contribution in [0.3, 0.4) is 0 Å². The number of rotatable bonds is 4. The van der Waals surface area contributed by atoms with Crippen LogP contribution in [-0.2, 0) is 4.79 Å². The number of carbonyl (C=O) groups is 1. The Labute approximate surface area is 111 Å². The number of piperidine rings is 1. The van der Waals surface area contributed by atoms with Gasteiger partial charge in [-0.05, 0) is 31.6 Å². The first kappa shape index (κ1) is 13.9. The van der Waals surface area contributed by atoms with Crippen LogP contribution in [0.1, 0.15) is 64.2 Å². The molecule has 0 aromatic rings. The molecule has 3 heteroatoms. The summed E-state index contributed by atoms with van der Waals surface area (Å²) < 4.78 is 0. The predicted molar refractivity (Wildman–Crippen MR) is 72.2 cm³/mol. The molecule has 2 fully saturated rings. The summed E-state index contributed by atoms with van der Waals surface area (Å²) in [5.74, 6) is 1.19. The van der Waals surface area contributed by atoms with E-state index in [9.17, 15) is 9.90 Å². The van der Waals surface area contributed by atoms with Gasteiger partial charge in [-0.15, -0.1) is 0 Å². The molecule has 18 heavy (non-hydrogen) atoms. The molecular weight excluding hydrogens is 226 g/mol. The van der Waals surface area contributed by atoms with E-state index in [0.29, 0.717) is 12.3 Å². The number of carbonyl (C=O) groups excluding carboxylic acids is 1. The van der Waals surface area contributed by atoms with Crippen molar-refractivity contribution in [2.75, 3.05) is 13.1 Å². The fraction of sp³-hybridized carbons (Fsp3) is 0.933. The zero-order valence-electron chi connectivity index (χ0n) is 11.4. The normalized spacial score (nSPS) is 23.3. The van der Waals surface area contributed by atoms with E-state index in [0.717, 1.165) is 38.3 Å². The quantitative estimate of drug-likeness (QED) is 0.837. The van der Waals surface area contributed by atoms with Crippen molar-refractivity contribution < 1.29 is 9.90 Å². The van der Waals surface area contributed by atoms with E-state index in [1.807, 2.05) is 4.90 Å². The SMILES string of the molecule is O=C(CCCC1CCCCC1)N1CCC(O)CC1. The molecule has 104 valence electrons. The van der Waals surface area contributed by atoms with Gasteiger partial charge in [0.15, 0.2) is 0 Å². The summed E-state index contributed by atoms with van der Waals surface area (Å²) in [5.41, 5.74) is 0. The number of aliphatic hydroxyl groups is 1. The molecule has 1 aliphatic carbocycles. The zero-order chi connectivity index (χ0) is 12.8. The molecule has 2 aliphatic rings. The first-order valence-electron chi connectivity index (χ1n) is 7.71. The maximum absolute atomic E-state index is 12.0. The number of hydrogen-bond acceptors (Lipinski definition) is 2. The van der Waals surface area contributed by atoms with Gasteiger partial charge in [0.05, 0.1) is 6.10 Å². The van der Waals surface area contributed by atoms with Crippen LogP contribution in [0.15, 0.2) is 0 Å². The molecule has 1 saturated heterocycles. The standard InChI is InChI=1S/C15H27NO2/c17-14-9-11-16(12-10-14)15(18)8-4-7-13-5-2-1-3-6-13/h13-14,17H,1-12H2. The summed E-state index contributed by atoms with van der Waals surface area (Å²) in [6, 6.07) is 0. The van der Waals surface area contributed by atoms with Gasteiger partial charge >= 0.3 is 0 Å². The Hall–Kier alpha value is -0.570. The van der Waals surface area contributed by atoms with E-state index in [-0.39, 0.29) is 6.10 Å². The minimum atomic E-state index is -0.184. The van der Waals surface area contributed by atoms with Crippen molar-refractivity contribution in [3.05, 3.63) is 0 Å². The molecule has 1 amide bonds. The summed E-state index contributed by atoms with van der Waals surface area (Å²) in [6.07, 6.45) is 11.3. The molecule has 3 nitrogen and oxygen atoms in total. The first-order valence-corrected chi connectivity index (χ1v) is 7.71. The van der Waals surface area contributed by atoms with Crippen molar-refractivity contribution in [1.29, 1.82) is 0 Å². The summed E-state index contributed by atoms with van der Waals surface area (Å²) in [7, 11) is 0. The fourth-order valence-electron chi connectivity index (χ4n) is 3.29. The molecule has 1 heterocycles. The lowest BCUT2D eigenvalue weighted by atomic mass is 9.86. The molecule has 0 spiro atoms. The van der Waals surface area contributed by atoms with Crippen LogP contribution < -0.4 is 0 Å². The average molecular weight is 253 g/mol. The van der Waals surface area contributed by atoms with Gasteiger partial charge in [0.25, 0.3) is 0 Å². The lowest BCUT2D eigenvalue weighted by Crippen LogP contribution is -2.39. The van der Waals surface area contributed by atoms with Crippen molar-refractivity contribution in [2.45, 2.75) is 70.3 Å². The van der Waals surface area contributed by atoms with Crippen LogP contribution in [0, 0.1) is 5.92 Å². The van der Waals surface area contributed by atoms with E-state index in [4.69, 9.17) is 0 Å². The minimum absolute atomic E-state index is 0.184. The Balaban J connectivity index is 1.59. The molecule has 0 aromatic carbocycles. The molecule has 0 atom stereocenters. The third-order valence-corrected chi connectivity index (χ3v) is 4.54. The Morgan fingerprint density at radius 1 is 1.06 bits per heavy atom. The fourth-order valence-corrected chi connectivity index (χ4v) is 3.29. The van der Waals surface area contributed by atoms with Crippen molar-refractivity contribution in [3.63, 3.8) is 0 Å². The molecule has 1 N–H and O–H groups in total.